The summed E-state index contributed by atoms with van der Waals surface area (Å²) in [6, 6.07) is 0.601. The van der Waals surface area contributed by atoms with Gasteiger partial charge in [0.25, 0.3) is 0 Å². The molecule has 0 spiro atoms. The average molecular weight is 190 g/mol. The van der Waals surface area contributed by atoms with Gasteiger partial charge in [-0.05, 0) is 12.8 Å². The molecule has 0 bridgehead atoms. The quantitative estimate of drug-likeness (QED) is 0.725. The summed E-state index contributed by atoms with van der Waals surface area (Å²) < 4.78 is 0. The monoisotopic (exact) mass is 190 g/mol. The molecule has 1 heterocycles. The zero-order valence-corrected chi connectivity index (χ0v) is 8.06. The van der Waals surface area contributed by atoms with Crippen LogP contribution in [-0.4, -0.2) is 22.6 Å². The molecule has 0 saturated heterocycles. The number of hydrogen-bond acceptors (Lipinski definition) is 4. The number of nitrogens with two attached hydrogens (primary N) is 1. The van der Waals surface area contributed by atoms with Crippen molar-refractivity contribution in [1.82, 2.24) is 9.97 Å². The molecule has 2 N–H and O–H groups in total. The van der Waals surface area contributed by atoms with Gasteiger partial charge in [0.1, 0.15) is 11.6 Å². The molecule has 0 unspecified atom stereocenters. The van der Waals surface area contributed by atoms with Crippen LogP contribution in [0, 0.1) is 0 Å². The smallest absolute Gasteiger partial charge is 0.150 e. The van der Waals surface area contributed by atoms with E-state index in [2.05, 4.69) is 21.4 Å². The summed E-state index contributed by atoms with van der Waals surface area (Å²) in [6.45, 7) is 4.55. The Morgan fingerprint density at radius 2 is 2.36 bits per heavy atom. The highest BCUT2D eigenvalue weighted by Gasteiger charge is 2.29. The minimum atomic E-state index is 0.470. The van der Waals surface area contributed by atoms with Crippen molar-refractivity contribution in [3.63, 3.8) is 0 Å². The van der Waals surface area contributed by atoms with E-state index < -0.39 is 0 Å². The molecule has 0 atom stereocenters. The summed E-state index contributed by atoms with van der Waals surface area (Å²) in [4.78, 5) is 10.5. The van der Waals surface area contributed by atoms with Gasteiger partial charge in [0.05, 0.1) is 12.4 Å². The van der Waals surface area contributed by atoms with E-state index in [1.165, 1.54) is 12.8 Å². The molecule has 4 nitrogen and oxygen atoms in total. The second-order valence-electron chi connectivity index (χ2n) is 3.47. The summed E-state index contributed by atoms with van der Waals surface area (Å²) in [6.07, 6.45) is 7.64. The van der Waals surface area contributed by atoms with Gasteiger partial charge in [0.2, 0.25) is 0 Å². The Balaban J connectivity index is 2.20. The molecule has 0 aromatic carbocycles. The maximum Gasteiger partial charge on any atom is 0.150 e. The van der Waals surface area contributed by atoms with E-state index in [4.69, 9.17) is 5.73 Å². The minimum Gasteiger partial charge on any atom is -0.382 e. The van der Waals surface area contributed by atoms with Gasteiger partial charge in [-0.3, -0.25) is 4.98 Å². The van der Waals surface area contributed by atoms with Crippen molar-refractivity contribution in [3.05, 3.63) is 25.0 Å². The Kier molecular flexibility index (Phi) is 2.35. The van der Waals surface area contributed by atoms with E-state index in [1.807, 2.05) is 6.08 Å². The Morgan fingerprint density at radius 3 is 2.93 bits per heavy atom. The molecule has 0 aliphatic heterocycles. The molecule has 0 amide bonds. The molecule has 74 valence electrons. The van der Waals surface area contributed by atoms with E-state index >= 15 is 0 Å². The first-order chi connectivity index (χ1) is 6.81. The van der Waals surface area contributed by atoms with Gasteiger partial charge in [0, 0.05) is 12.6 Å². The first kappa shape index (κ1) is 8.99. The molecular weight excluding hydrogens is 176 g/mol. The van der Waals surface area contributed by atoms with E-state index in [1.54, 1.807) is 12.4 Å². The fourth-order valence-corrected chi connectivity index (χ4v) is 1.46. The molecule has 1 aliphatic rings. The molecule has 1 aliphatic carbocycles. The van der Waals surface area contributed by atoms with Gasteiger partial charge in [-0.15, -0.1) is 6.58 Å². The van der Waals surface area contributed by atoms with Crippen molar-refractivity contribution < 1.29 is 0 Å². The highest BCUT2D eigenvalue weighted by Crippen LogP contribution is 2.30. The Labute approximate surface area is 83.5 Å². The van der Waals surface area contributed by atoms with Crippen LogP contribution in [0.2, 0.25) is 0 Å². The maximum absolute atomic E-state index is 5.59. The highest BCUT2D eigenvalue weighted by atomic mass is 15.2. The molecule has 1 fully saturated rings. The summed E-state index contributed by atoms with van der Waals surface area (Å²) >= 11 is 0. The summed E-state index contributed by atoms with van der Waals surface area (Å²) in [5.41, 5.74) is 5.59. The predicted molar refractivity (Wildman–Crippen MR) is 57.0 cm³/mol. The van der Waals surface area contributed by atoms with Crippen LogP contribution >= 0.6 is 0 Å². The van der Waals surface area contributed by atoms with E-state index in [9.17, 15) is 0 Å². The molecular formula is C10H14N4. The van der Waals surface area contributed by atoms with Crippen molar-refractivity contribution >= 4 is 11.6 Å². The van der Waals surface area contributed by atoms with E-state index in [0.717, 1.165) is 12.4 Å². The second kappa shape index (κ2) is 3.65. The van der Waals surface area contributed by atoms with E-state index in [0.29, 0.717) is 11.9 Å². The zero-order valence-electron chi connectivity index (χ0n) is 8.06. The fraction of sp³-hybridized carbons (Fsp3) is 0.400. The number of anilines is 2. The van der Waals surface area contributed by atoms with Crippen LogP contribution in [-0.2, 0) is 0 Å². The summed E-state index contributed by atoms with van der Waals surface area (Å²) in [7, 11) is 0. The average Bonchev–Trinajstić information content (AvgIpc) is 2.97. The van der Waals surface area contributed by atoms with Crippen LogP contribution in [0.4, 0.5) is 11.6 Å². The van der Waals surface area contributed by atoms with Crippen molar-refractivity contribution in [2.24, 2.45) is 0 Å². The fourth-order valence-electron chi connectivity index (χ4n) is 1.46. The minimum absolute atomic E-state index is 0.470. The van der Waals surface area contributed by atoms with Gasteiger partial charge >= 0.3 is 0 Å². The number of nitrogens with zero attached hydrogens (tertiary/aromatic N) is 3. The van der Waals surface area contributed by atoms with Gasteiger partial charge in [-0.1, -0.05) is 6.08 Å². The van der Waals surface area contributed by atoms with Crippen LogP contribution in [0.15, 0.2) is 25.0 Å². The van der Waals surface area contributed by atoms with Crippen LogP contribution in [0.1, 0.15) is 12.8 Å². The first-order valence-corrected chi connectivity index (χ1v) is 4.76. The lowest BCUT2D eigenvalue weighted by molar-refractivity contribution is 0.837. The van der Waals surface area contributed by atoms with Crippen LogP contribution in [0.25, 0.3) is 0 Å². The molecule has 1 saturated carbocycles. The van der Waals surface area contributed by atoms with Crippen molar-refractivity contribution in [3.8, 4) is 0 Å². The maximum atomic E-state index is 5.59. The standard InChI is InChI=1S/C10H14N4/c1-2-5-14(8-3-4-8)10-7-12-6-9(11)13-10/h2,6-8H,1,3-5H2,(H2,11,13). The Bertz CT molecular complexity index is 333. The number of aromatic nitrogens is 2. The lowest BCUT2D eigenvalue weighted by Crippen LogP contribution is -2.26. The van der Waals surface area contributed by atoms with Crippen molar-refractivity contribution in [1.29, 1.82) is 0 Å². The van der Waals surface area contributed by atoms with Crippen molar-refractivity contribution in [2.75, 3.05) is 17.2 Å². The molecule has 14 heavy (non-hydrogen) atoms. The van der Waals surface area contributed by atoms with Gasteiger partial charge in [-0.25, -0.2) is 4.98 Å². The van der Waals surface area contributed by atoms with Crippen molar-refractivity contribution in [2.45, 2.75) is 18.9 Å². The van der Waals surface area contributed by atoms with Crippen LogP contribution in [0.3, 0.4) is 0 Å². The normalized spacial score (nSPS) is 15.1. The van der Waals surface area contributed by atoms with E-state index in [-0.39, 0.29) is 0 Å². The lowest BCUT2D eigenvalue weighted by atomic mass is 10.4. The molecule has 0 radical (unpaired) electrons. The summed E-state index contributed by atoms with van der Waals surface area (Å²) in [5.74, 6) is 1.32. The zero-order chi connectivity index (χ0) is 9.97. The third-order valence-electron chi connectivity index (χ3n) is 2.25. The first-order valence-electron chi connectivity index (χ1n) is 4.76. The number of nitrogen functional groups attached to an aromatic ring is 1. The van der Waals surface area contributed by atoms with Crippen LogP contribution in [0.5, 0.6) is 0 Å². The predicted octanol–water partition coefficient (Wildman–Crippen LogP) is 1.21. The highest BCUT2D eigenvalue weighted by molar-refractivity contribution is 5.44. The number of hydrogen-bond donors (Lipinski definition) is 1. The largest absolute Gasteiger partial charge is 0.382 e. The molecule has 4 heteroatoms. The number of rotatable bonds is 4. The molecule has 1 aromatic rings. The van der Waals surface area contributed by atoms with Gasteiger partial charge in [-0.2, -0.15) is 0 Å². The van der Waals surface area contributed by atoms with Gasteiger partial charge in [0.15, 0.2) is 0 Å². The lowest BCUT2D eigenvalue weighted by Gasteiger charge is -2.21. The Hall–Kier alpha value is -1.58. The van der Waals surface area contributed by atoms with Crippen LogP contribution < -0.4 is 10.6 Å². The SMILES string of the molecule is C=CCN(c1cncc(N)n1)C1CC1. The Morgan fingerprint density at radius 1 is 1.57 bits per heavy atom. The summed E-state index contributed by atoms with van der Waals surface area (Å²) in [5, 5.41) is 0. The topological polar surface area (TPSA) is 55.0 Å². The van der Waals surface area contributed by atoms with Gasteiger partial charge < -0.3 is 10.6 Å². The molecule has 1 aromatic heterocycles. The third kappa shape index (κ3) is 1.84. The molecule has 2 rings (SSSR count). The second-order valence-corrected chi connectivity index (χ2v) is 3.47. The third-order valence-corrected chi connectivity index (χ3v) is 2.25.